The van der Waals surface area contributed by atoms with Gasteiger partial charge in [0.15, 0.2) is 9.84 Å². The zero-order valence-electron chi connectivity index (χ0n) is 10.7. The smallest absolute Gasteiger partial charge is 0.182 e. The Bertz CT molecular complexity index is 483. The van der Waals surface area contributed by atoms with Crippen LogP contribution >= 0.6 is 0 Å². The first-order chi connectivity index (χ1) is 8.47. The number of rotatable bonds is 7. The number of nitrogens with two attached hydrogens (primary N) is 1. The van der Waals surface area contributed by atoms with Crippen LogP contribution in [0, 0.1) is 0 Å². The van der Waals surface area contributed by atoms with Crippen molar-refractivity contribution in [3.8, 4) is 5.75 Å². The van der Waals surface area contributed by atoms with Crippen molar-refractivity contribution < 1.29 is 13.5 Å². The van der Waals surface area contributed by atoms with Crippen LogP contribution in [0.4, 0.5) is 5.69 Å². The molecule has 0 heterocycles. The Morgan fingerprint density at radius 3 is 2.50 bits per heavy atom. The molecule has 0 amide bonds. The molecular formula is C13H21NO3S. The summed E-state index contributed by atoms with van der Waals surface area (Å²) in [6.07, 6.45) is 4.83. The van der Waals surface area contributed by atoms with Crippen LogP contribution in [0.25, 0.3) is 0 Å². The number of hydrogen-bond donors (Lipinski definition) is 2. The van der Waals surface area contributed by atoms with E-state index in [1.54, 1.807) is 0 Å². The van der Waals surface area contributed by atoms with Gasteiger partial charge in [-0.25, -0.2) is 8.42 Å². The largest absolute Gasteiger partial charge is 0.507 e. The average Bonchev–Trinajstić information content (AvgIpc) is 2.32. The van der Waals surface area contributed by atoms with E-state index in [0.717, 1.165) is 25.7 Å². The molecule has 0 aromatic heterocycles. The second-order valence-corrected chi connectivity index (χ2v) is 6.54. The van der Waals surface area contributed by atoms with Crippen molar-refractivity contribution in [1.29, 1.82) is 0 Å². The van der Waals surface area contributed by atoms with Crippen LogP contribution in [0.5, 0.6) is 5.75 Å². The van der Waals surface area contributed by atoms with Crippen molar-refractivity contribution in [2.75, 3.05) is 11.5 Å². The second-order valence-electron chi connectivity index (χ2n) is 4.46. The SMILES string of the molecule is CCCCCCCS(=O)(=O)c1cc(N)ccc1O. The number of unbranched alkanes of at least 4 members (excludes halogenated alkanes) is 4. The minimum atomic E-state index is -3.43. The molecule has 0 aliphatic heterocycles. The van der Waals surface area contributed by atoms with Gasteiger partial charge in [-0.3, -0.25) is 0 Å². The lowest BCUT2D eigenvalue weighted by atomic mass is 10.2. The van der Waals surface area contributed by atoms with E-state index in [2.05, 4.69) is 6.92 Å². The fourth-order valence-electron chi connectivity index (χ4n) is 1.79. The lowest BCUT2D eigenvalue weighted by molar-refractivity contribution is 0.458. The molecule has 4 nitrogen and oxygen atoms in total. The van der Waals surface area contributed by atoms with Crippen LogP contribution in [-0.4, -0.2) is 19.3 Å². The van der Waals surface area contributed by atoms with Crippen molar-refractivity contribution in [2.45, 2.75) is 43.9 Å². The third kappa shape index (κ3) is 4.22. The fourth-order valence-corrected chi connectivity index (χ4v) is 3.29. The maximum Gasteiger partial charge on any atom is 0.182 e. The zero-order valence-corrected chi connectivity index (χ0v) is 11.5. The van der Waals surface area contributed by atoms with Gasteiger partial charge in [0, 0.05) is 5.69 Å². The van der Waals surface area contributed by atoms with Gasteiger partial charge < -0.3 is 10.8 Å². The molecule has 0 saturated heterocycles. The number of nitrogen functional groups attached to an aromatic ring is 1. The first-order valence-corrected chi connectivity index (χ1v) is 7.94. The summed E-state index contributed by atoms with van der Waals surface area (Å²) in [6.45, 7) is 2.11. The predicted molar refractivity (Wildman–Crippen MR) is 73.3 cm³/mol. The Morgan fingerprint density at radius 2 is 1.83 bits per heavy atom. The van der Waals surface area contributed by atoms with Crippen LogP contribution in [0.2, 0.25) is 0 Å². The van der Waals surface area contributed by atoms with E-state index in [-0.39, 0.29) is 16.4 Å². The fraction of sp³-hybridized carbons (Fsp3) is 0.538. The Balaban J connectivity index is 2.66. The summed E-state index contributed by atoms with van der Waals surface area (Å²) in [6, 6.07) is 4.12. The predicted octanol–water partition coefficient (Wildman–Crippen LogP) is 2.72. The maximum absolute atomic E-state index is 12.0. The molecule has 0 unspecified atom stereocenters. The average molecular weight is 271 g/mol. The van der Waals surface area contributed by atoms with Gasteiger partial charge in [-0.1, -0.05) is 32.6 Å². The minimum absolute atomic E-state index is 0.0574. The summed E-state index contributed by atoms with van der Waals surface area (Å²) >= 11 is 0. The summed E-state index contributed by atoms with van der Waals surface area (Å²) in [5.74, 6) is -0.161. The van der Waals surface area contributed by atoms with Gasteiger partial charge in [-0.15, -0.1) is 0 Å². The van der Waals surface area contributed by atoms with Crippen LogP contribution in [0.1, 0.15) is 39.0 Å². The minimum Gasteiger partial charge on any atom is -0.507 e. The van der Waals surface area contributed by atoms with Crippen LogP contribution in [0.15, 0.2) is 23.1 Å². The first-order valence-electron chi connectivity index (χ1n) is 6.28. The summed E-state index contributed by atoms with van der Waals surface area (Å²) in [5.41, 5.74) is 5.89. The van der Waals surface area contributed by atoms with Gasteiger partial charge in [-0.2, -0.15) is 0 Å². The van der Waals surface area contributed by atoms with E-state index in [0.29, 0.717) is 12.1 Å². The van der Waals surface area contributed by atoms with Crippen LogP contribution < -0.4 is 5.73 Å². The lowest BCUT2D eigenvalue weighted by Gasteiger charge is -2.07. The van der Waals surface area contributed by atoms with Crippen molar-refractivity contribution >= 4 is 15.5 Å². The van der Waals surface area contributed by atoms with Crippen molar-refractivity contribution in [1.82, 2.24) is 0 Å². The molecule has 0 atom stereocenters. The molecule has 0 bridgehead atoms. The third-order valence-electron chi connectivity index (χ3n) is 2.84. The van der Waals surface area contributed by atoms with Gasteiger partial charge in [-0.05, 0) is 24.6 Å². The number of phenolic OH excluding ortho intramolecular Hbond substituents is 1. The highest BCUT2D eigenvalue weighted by atomic mass is 32.2. The molecule has 0 aliphatic rings. The third-order valence-corrected chi connectivity index (χ3v) is 4.66. The standard InChI is InChI=1S/C13H21NO3S/c1-2-3-4-5-6-9-18(16,17)13-10-11(14)7-8-12(13)15/h7-8,10,15H,2-6,9,14H2,1H3. The van der Waals surface area contributed by atoms with Crippen LogP contribution in [0.3, 0.4) is 0 Å². The Kier molecular flexibility index (Phi) is 5.47. The highest BCUT2D eigenvalue weighted by Gasteiger charge is 2.18. The van der Waals surface area contributed by atoms with Crippen LogP contribution in [-0.2, 0) is 9.84 Å². The highest BCUT2D eigenvalue weighted by Crippen LogP contribution is 2.26. The summed E-state index contributed by atoms with van der Waals surface area (Å²) < 4.78 is 24.0. The number of phenols is 1. The van der Waals surface area contributed by atoms with E-state index in [4.69, 9.17) is 5.73 Å². The summed E-state index contributed by atoms with van der Waals surface area (Å²) in [4.78, 5) is -0.0574. The number of hydrogen-bond acceptors (Lipinski definition) is 4. The molecule has 1 rings (SSSR count). The van der Waals surface area contributed by atoms with Crippen molar-refractivity contribution in [2.24, 2.45) is 0 Å². The molecule has 0 fully saturated rings. The quantitative estimate of drug-likeness (QED) is 0.454. The molecule has 0 saturated carbocycles. The lowest BCUT2D eigenvalue weighted by Crippen LogP contribution is -2.07. The summed E-state index contributed by atoms with van der Waals surface area (Å²) in [7, 11) is -3.43. The first kappa shape index (κ1) is 14.8. The van der Waals surface area contributed by atoms with E-state index in [1.807, 2.05) is 0 Å². The molecule has 18 heavy (non-hydrogen) atoms. The van der Waals surface area contributed by atoms with Crippen molar-refractivity contribution in [3.05, 3.63) is 18.2 Å². The molecule has 1 aromatic rings. The van der Waals surface area contributed by atoms with Gasteiger partial charge in [0.05, 0.1) is 5.75 Å². The number of aromatic hydroxyl groups is 1. The number of sulfone groups is 1. The normalized spacial score (nSPS) is 11.6. The van der Waals surface area contributed by atoms with E-state index in [9.17, 15) is 13.5 Å². The monoisotopic (exact) mass is 271 g/mol. The van der Waals surface area contributed by atoms with E-state index < -0.39 is 9.84 Å². The molecule has 1 aromatic carbocycles. The van der Waals surface area contributed by atoms with Crippen molar-refractivity contribution in [3.63, 3.8) is 0 Å². The van der Waals surface area contributed by atoms with Gasteiger partial charge >= 0.3 is 0 Å². The van der Waals surface area contributed by atoms with Gasteiger partial charge in [0.2, 0.25) is 0 Å². The molecule has 0 spiro atoms. The molecule has 0 aliphatic carbocycles. The maximum atomic E-state index is 12.0. The number of benzene rings is 1. The van der Waals surface area contributed by atoms with Gasteiger partial charge in [0.1, 0.15) is 10.6 Å². The highest BCUT2D eigenvalue weighted by molar-refractivity contribution is 7.91. The molecule has 3 N–H and O–H groups in total. The summed E-state index contributed by atoms with van der Waals surface area (Å²) in [5, 5.41) is 9.58. The Hall–Kier alpha value is -1.23. The zero-order chi connectivity index (χ0) is 13.6. The molecule has 0 radical (unpaired) electrons. The Morgan fingerprint density at radius 1 is 1.17 bits per heavy atom. The molecule has 5 heteroatoms. The van der Waals surface area contributed by atoms with Gasteiger partial charge in [0.25, 0.3) is 0 Å². The second kappa shape index (κ2) is 6.64. The van der Waals surface area contributed by atoms with E-state index >= 15 is 0 Å². The van der Waals surface area contributed by atoms with E-state index in [1.165, 1.54) is 18.2 Å². The Labute approximate surface area is 109 Å². The number of anilines is 1. The molecule has 102 valence electrons. The topological polar surface area (TPSA) is 80.4 Å². The molecular weight excluding hydrogens is 250 g/mol.